The maximum Gasteiger partial charge on any atom is 0.255 e. The standard InChI is InChI=1S/C28H37N3O2/c1-17-6-9-26(27(32)29-17)31-16-22-13-18(7-8-24(22)28(31)33)12-21-4-2-3-5-25(21)30-23-14-19-10-20(11-19)15-23/h7-8,13,19-21,23,25-26,30H,1-6,9-12,14-16H2,(H,29,32)/t19?,20?,21-,23?,25+,26?/m1/s1. The highest BCUT2D eigenvalue weighted by Crippen LogP contribution is 2.46. The lowest BCUT2D eigenvalue weighted by Crippen LogP contribution is -2.50. The first kappa shape index (κ1) is 21.4. The molecule has 4 saturated carbocycles. The van der Waals surface area contributed by atoms with Crippen LogP contribution in [-0.2, 0) is 17.8 Å². The van der Waals surface area contributed by atoms with Crippen LogP contribution in [-0.4, -0.2) is 34.8 Å². The number of nitrogens with zero attached hydrogens (tertiary/aromatic N) is 1. The van der Waals surface area contributed by atoms with Gasteiger partial charge in [-0.15, -0.1) is 0 Å². The molecule has 4 aliphatic carbocycles. The van der Waals surface area contributed by atoms with Crippen molar-refractivity contribution in [3.63, 3.8) is 0 Å². The van der Waals surface area contributed by atoms with Gasteiger partial charge in [0.2, 0.25) is 5.91 Å². The lowest BCUT2D eigenvalue weighted by molar-refractivity contribution is -0.126. The molecule has 5 fully saturated rings. The van der Waals surface area contributed by atoms with E-state index in [1.54, 1.807) is 4.90 Å². The number of rotatable bonds is 5. The fraction of sp³-hybridized carbons (Fsp3) is 0.643. The first-order valence-electron chi connectivity index (χ1n) is 13.2. The van der Waals surface area contributed by atoms with Gasteiger partial charge < -0.3 is 15.5 Å². The van der Waals surface area contributed by atoms with Crippen LogP contribution in [0.5, 0.6) is 0 Å². The van der Waals surface area contributed by atoms with E-state index in [2.05, 4.69) is 29.3 Å². The number of fused-ring (bicyclic) bond motifs is 3. The molecule has 0 radical (unpaired) electrons. The summed E-state index contributed by atoms with van der Waals surface area (Å²) < 4.78 is 0. The summed E-state index contributed by atoms with van der Waals surface area (Å²) in [6.07, 6.45) is 13.5. The van der Waals surface area contributed by atoms with Gasteiger partial charge in [0.25, 0.3) is 5.91 Å². The molecule has 5 nitrogen and oxygen atoms in total. The van der Waals surface area contributed by atoms with Crippen molar-refractivity contribution in [3.8, 4) is 0 Å². The van der Waals surface area contributed by atoms with Gasteiger partial charge in [-0.2, -0.15) is 0 Å². The Balaban J connectivity index is 1.12. The molecule has 1 unspecified atom stereocenters. The maximum atomic E-state index is 13.0. The van der Waals surface area contributed by atoms with Crippen molar-refractivity contribution >= 4 is 11.8 Å². The van der Waals surface area contributed by atoms with Gasteiger partial charge in [-0.3, -0.25) is 9.59 Å². The monoisotopic (exact) mass is 447 g/mol. The van der Waals surface area contributed by atoms with Crippen molar-refractivity contribution in [1.29, 1.82) is 0 Å². The number of amides is 2. The molecule has 2 aliphatic heterocycles. The number of allylic oxidation sites excluding steroid dienone is 1. The molecule has 2 heterocycles. The summed E-state index contributed by atoms with van der Waals surface area (Å²) in [6, 6.07) is 7.39. The van der Waals surface area contributed by atoms with Crippen LogP contribution < -0.4 is 10.6 Å². The highest BCUT2D eigenvalue weighted by molar-refractivity contribution is 6.01. The van der Waals surface area contributed by atoms with Gasteiger partial charge in [0.1, 0.15) is 6.04 Å². The molecule has 1 aromatic rings. The second-order valence-electron chi connectivity index (χ2n) is 11.5. The first-order valence-corrected chi connectivity index (χ1v) is 13.2. The Morgan fingerprint density at radius 2 is 1.82 bits per heavy atom. The molecule has 33 heavy (non-hydrogen) atoms. The van der Waals surface area contributed by atoms with Gasteiger partial charge in [-0.25, -0.2) is 0 Å². The fourth-order valence-corrected chi connectivity index (χ4v) is 7.41. The largest absolute Gasteiger partial charge is 0.329 e. The average molecular weight is 448 g/mol. The molecule has 176 valence electrons. The molecule has 7 rings (SSSR count). The van der Waals surface area contributed by atoms with E-state index >= 15 is 0 Å². The lowest BCUT2D eigenvalue weighted by atomic mass is 9.63. The third-order valence-electron chi connectivity index (χ3n) is 9.13. The van der Waals surface area contributed by atoms with Crippen molar-refractivity contribution in [3.05, 3.63) is 47.2 Å². The Morgan fingerprint density at radius 3 is 2.61 bits per heavy atom. The molecule has 0 aromatic heterocycles. The smallest absolute Gasteiger partial charge is 0.255 e. The Morgan fingerprint density at radius 1 is 1.03 bits per heavy atom. The number of benzene rings is 1. The number of carbonyl (C=O) groups is 2. The van der Waals surface area contributed by atoms with Crippen molar-refractivity contribution in [1.82, 2.24) is 15.5 Å². The SMILES string of the molecule is C=C1CCC(N2Cc3cc(C[C@H]4CCCC[C@@H]4NC4CC5CC(C5)C4)ccc3C2=O)C(=O)N1. The second kappa shape index (κ2) is 8.57. The molecule has 6 aliphatic rings. The van der Waals surface area contributed by atoms with E-state index in [1.807, 2.05) is 6.07 Å². The predicted molar refractivity (Wildman–Crippen MR) is 128 cm³/mol. The molecule has 0 spiro atoms. The number of nitrogens with one attached hydrogen (secondary N) is 2. The van der Waals surface area contributed by atoms with E-state index in [0.717, 1.165) is 47.5 Å². The number of hydrogen-bond acceptors (Lipinski definition) is 3. The zero-order chi connectivity index (χ0) is 22.5. The van der Waals surface area contributed by atoms with E-state index < -0.39 is 0 Å². The Labute approximate surface area is 197 Å². The summed E-state index contributed by atoms with van der Waals surface area (Å²) >= 11 is 0. The van der Waals surface area contributed by atoms with E-state index in [0.29, 0.717) is 24.9 Å². The highest BCUT2D eigenvalue weighted by Gasteiger charge is 2.40. The van der Waals surface area contributed by atoms with Crippen molar-refractivity contribution in [2.75, 3.05) is 0 Å². The second-order valence-corrected chi connectivity index (χ2v) is 11.5. The summed E-state index contributed by atoms with van der Waals surface area (Å²) in [5.74, 6) is 2.56. The van der Waals surface area contributed by atoms with Crippen LogP contribution in [0, 0.1) is 17.8 Å². The van der Waals surface area contributed by atoms with Crippen LogP contribution in [0.3, 0.4) is 0 Å². The minimum Gasteiger partial charge on any atom is -0.329 e. The lowest BCUT2D eigenvalue weighted by Gasteiger charge is -2.47. The molecule has 2 amide bonds. The van der Waals surface area contributed by atoms with Crippen LogP contribution >= 0.6 is 0 Å². The summed E-state index contributed by atoms with van der Waals surface area (Å²) in [6.45, 7) is 4.40. The number of hydrogen-bond donors (Lipinski definition) is 2. The molecule has 3 atom stereocenters. The minimum atomic E-state index is -0.382. The molecule has 2 N–H and O–H groups in total. The molecule has 2 bridgehead atoms. The zero-order valence-corrected chi connectivity index (χ0v) is 19.7. The van der Waals surface area contributed by atoms with Crippen molar-refractivity contribution < 1.29 is 9.59 Å². The van der Waals surface area contributed by atoms with Gasteiger partial charge >= 0.3 is 0 Å². The zero-order valence-electron chi connectivity index (χ0n) is 19.7. The normalized spacial score (nSPS) is 35.8. The van der Waals surface area contributed by atoms with E-state index in [4.69, 9.17) is 0 Å². The average Bonchev–Trinajstić information content (AvgIpc) is 3.10. The summed E-state index contributed by atoms with van der Waals surface area (Å²) in [5, 5.41) is 6.92. The van der Waals surface area contributed by atoms with E-state index in [9.17, 15) is 9.59 Å². The maximum absolute atomic E-state index is 13.0. The molecule has 1 aromatic carbocycles. The molecular formula is C28H37N3O2. The first-order chi connectivity index (χ1) is 16.0. The summed E-state index contributed by atoms with van der Waals surface area (Å²) in [7, 11) is 0. The predicted octanol–water partition coefficient (Wildman–Crippen LogP) is 4.31. The van der Waals surface area contributed by atoms with Crippen molar-refractivity contribution in [2.24, 2.45) is 17.8 Å². The van der Waals surface area contributed by atoms with Gasteiger partial charge in [-0.05, 0) is 92.7 Å². The third kappa shape index (κ3) is 4.14. The van der Waals surface area contributed by atoms with Gasteiger partial charge in [-0.1, -0.05) is 31.6 Å². The third-order valence-corrected chi connectivity index (χ3v) is 9.13. The minimum absolute atomic E-state index is 0.00251. The van der Waals surface area contributed by atoms with Gasteiger partial charge in [0, 0.05) is 29.9 Å². The molecule has 1 saturated heterocycles. The van der Waals surface area contributed by atoms with Crippen LogP contribution in [0.1, 0.15) is 85.7 Å². The highest BCUT2D eigenvalue weighted by atomic mass is 16.2. The van der Waals surface area contributed by atoms with Gasteiger partial charge in [0.15, 0.2) is 0 Å². The topological polar surface area (TPSA) is 61.4 Å². The fourth-order valence-electron chi connectivity index (χ4n) is 7.41. The Bertz CT molecular complexity index is 956. The number of carbonyl (C=O) groups excluding carboxylic acids is 2. The number of piperidine rings is 1. The Kier molecular flexibility index (Phi) is 5.56. The Hall–Kier alpha value is -2.14. The van der Waals surface area contributed by atoms with Gasteiger partial charge in [0.05, 0.1) is 0 Å². The van der Waals surface area contributed by atoms with Crippen LogP contribution in [0.25, 0.3) is 0 Å². The van der Waals surface area contributed by atoms with Crippen LogP contribution in [0.15, 0.2) is 30.5 Å². The summed E-state index contributed by atoms with van der Waals surface area (Å²) in [5.41, 5.74) is 3.96. The van der Waals surface area contributed by atoms with Crippen LogP contribution in [0.4, 0.5) is 0 Å². The summed E-state index contributed by atoms with van der Waals surface area (Å²) in [4.78, 5) is 27.3. The quantitative estimate of drug-likeness (QED) is 0.707. The van der Waals surface area contributed by atoms with E-state index in [-0.39, 0.29) is 17.9 Å². The molecular weight excluding hydrogens is 410 g/mol. The molecule has 5 heteroatoms. The van der Waals surface area contributed by atoms with E-state index in [1.165, 1.54) is 56.9 Å². The van der Waals surface area contributed by atoms with Crippen molar-refractivity contribution in [2.45, 2.75) is 95.3 Å². The van der Waals surface area contributed by atoms with Crippen LogP contribution in [0.2, 0.25) is 0 Å².